The van der Waals surface area contributed by atoms with Crippen molar-refractivity contribution < 1.29 is 27.7 Å². The molecule has 0 aliphatic rings. The number of methoxy groups -OCH3 is 1. The zero-order valence-electron chi connectivity index (χ0n) is 26.3. The van der Waals surface area contributed by atoms with Gasteiger partial charge >= 0.3 is 0 Å². The second-order valence-corrected chi connectivity index (χ2v) is 12.7. The van der Waals surface area contributed by atoms with Crippen molar-refractivity contribution in [2.45, 2.75) is 43.7 Å². The first-order valence-corrected chi connectivity index (χ1v) is 16.6. The summed E-state index contributed by atoms with van der Waals surface area (Å²) < 4.78 is 34.4. The SMILES string of the molecule is CCCCNC(=O)[C@H](Cc1ccccc1)N(Cc1cccc(OC)c1)C(=O)CN(c1cccc([N+](=O)[O-])c1)S(=O)(=O)c1ccccc1. The third-order valence-electron chi connectivity index (χ3n) is 7.53. The zero-order chi connectivity index (χ0) is 33.8. The average molecular weight is 659 g/mol. The Bertz CT molecular complexity index is 1770. The van der Waals surface area contributed by atoms with E-state index in [4.69, 9.17) is 4.74 Å². The number of hydrogen-bond acceptors (Lipinski definition) is 7. The van der Waals surface area contributed by atoms with Gasteiger partial charge in [-0.15, -0.1) is 0 Å². The van der Waals surface area contributed by atoms with Crippen molar-refractivity contribution in [1.82, 2.24) is 10.2 Å². The smallest absolute Gasteiger partial charge is 0.271 e. The maximum absolute atomic E-state index is 14.5. The Hall–Kier alpha value is -5.23. The Morgan fingerprint density at radius 2 is 1.55 bits per heavy atom. The largest absolute Gasteiger partial charge is 0.497 e. The summed E-state index contributed by atoms with van der Waals surface area (Å²) in [6.07, 6.45) is 1.76. The van der Waals surface area contributed by atoms with Crippen molar-refractivity contribution in [2.75, 3.05) is 24.5 Å². The van der Waals surface area contributed by atoms with Crippen LogP contribution in [0, 0.1) is 10.1 Å². The first-order chi connectivity index (χ1) is 22.6. The highest BCUT2D eigenvalue weighted by Gasteiger charge is 2.35. The third-order valence-corrected chi connectivity index (χ3v) is 9.31. The molecule has 0 radical (unpaired) electrons. The van der Waals surface area contributed by atoms with Crippen LogP contribution in [0.4, 0.5) is 11.4 Å². The van der Waals surface area contributed by atoms with Gasteiger partial charge in [-0.25, -0.2) is 8.42 Å². The number of carbonyl (C=O) groups excluding carboxylic acids is 2. The maximum atomic E-state index is 14.5. The lowest BCUT2D eigenvalue weighted by atomic mass is 10.0. The topological polar surface area (TPSA) is 139 Å². The first-order valence-electron chi connectivity index (χ1n) is 15.2. The minimum Gasteiger partial charge on any atom is -0.497 e. The number of amides is 2. The number of benzene rings is 4. The molecule has 47 heavy (non-hydrogen) atoms. The first kappa shape index (κ1) is 34.6. The van der Waals surface area contributed by atoms with E-state index in [-0.39, 0.29) is 35.1 Å². The molecule has 0 saturated carbocycles. The van der Waals surface area contributed by atoms with Gasteiger partial charge in [0.15, 0.2) is 0 Å². The molecule has 2 amide bonds. The minimum absolute atomic E-state index is 0.0388. The van der Waals surface area contributed by atoms with Gasteiger partial charge < -0.3 is 15.0 Å². The molecule has 0 saturated heterocycles. The number of nitro groups is 1. The lowest BCUT2D eigenvalue weighted by molar-refractivity contribution is -0.384. The predicted molar refractivity (Wildman–Crippen MR) is 179 cm³/mol. The number of hydrogen-bond donors (Lipinski definition) is 1. The molecule has 0 aromatic heterocycles. The van der Waals surface area contributed by atoms with Gasteiger partial charge in [0.1, 0.15) is 18.3 Å². The summed E-state index contributed by atoms with van der Waals surface area (Å²) >= 11 is 0. The molecule has 0 bridgehead atoms. The monoisotopic (exact) mass is 658 g/mol. The lowest BCUT2D eigenvalue weighted by Crippen LogP contribution is -2.53. The number of non-ortho nitro benzene ring substituents is 1. The van der Waals surface area contributed by atoms with Crippen LogP contribution in [0.5, 0.6) is 5.75 Å². The second-order valence-electron chi connectivity index (χ2n) is 10.8. The van der Waals surface area contributed by atoms with Crippen LogP contribution in [0.25, 0.3) is 0 Å². The molecular formula is C35H38N4O7S. The Balaban J connectivity index is 1.82. The van der Waals surface area contributed by atoms with E-state index in [1.165, 1.54) is 42.3 Å². The summed E-state index contributed by atoms with van der Waals surface area (Å²) in [4.78, 5) is 40.6. The normalized spacial score (nSPS) is 11.7. The second kappa shape index (κ2) is 16.4. The molecule has 0 fully saturated rings. The number of sulfonamides is 1. The highest BCUT2D eigenvalue weighted by Crippen LogP contribution is 2.28. The van der Waals surface area contributed by atoms with Crippen LogP contribution in [0.1, 0.15) is 30.9 Å². The standard InChI is InChI=1S/C35H38N4O7S/c1-3-4-21-36-35(41)33(23-27-13-7-5-8-14-27)37(25-28-15-11-18-31(22-28)46-2)34(40)26-38(29-16-12-17-30(24-29)39(42)43)47(44,45)32-19-9-6-10-20-32/h5-20,22,24,33H,3-4,21,23,25-26H2,1-2H3,(H,36,41)/t33-/m0/s1. The molecule has 0 heterocycles. The maximum Gasteiger partial charge on any atom is 0.271 e. The summed E-state index contributed by atoms with van der Waals surface area (Å²) in [7, 11) is -2.87. The fourth-order valence-electron chi connectivity index (χ4n) is 5.04. The van der Waals surface area contributed by atoms with E-state index in [2.05, 4.69) is 5.32 Å². The van der Waals surface area contributed by atoms with Crippen molar-refractivity contribution in [3.63, 3.8) is 0 Å². The van der Waals surface area contributed by atoms with Crippen molar-refractivity contribution in [1.29, 1.82) is 0 Å². The van der Waals surface area contributed by atoms with Gasteiger partial charge in [-0.3, -0.25) is 24.0 Å². The number of nitrogens with one attached hydrogen (secondary N) is 1. The van der Waals surface area contributed by atoms with Gasteiger partial charge in [0.25, 0.3) is 15.7 Å². The van der Waals surface area contributed by atoms with E-state index in [0.717, 1.165) is 28.8 Å². The number of carbonyl (C=O) groups is 2. The van der Waals surface area contributed by atoms with Crippen LogP contribution in [0.15, 0.2) is 114 Å². The molecule has 4 rings (SSSR count). The fraction of sp³-hybridized carbons (Fsp3) is 0.257. The highest BCUT2D eigenvalue weighted by atomic mass is 32.2. The summed E-state index contributed by atoms with van der Waals surface area (Å²) in [5.41, 5.74) is 1.06. The van der Waals surface area contributed by atoms with Gasteiger partial charge in [-0.1, -0.05) is 80.1 Å². The molecule has 0 unspecified atom stereocenters. The number of nitrogens with zero attached hydrogens (tertiary/aromatic N) is 3. The van der Waals surface area contributed by atoms with E-state index in [9.17, 15) is 28.1 Å². The summed E-state index contributed by atoms with van der Waals surface area (Å²) in [5.74, 6) is -0.511. The van der Waals surface area contributed by atoms with Crippen LogP contribution >= 0.6 is 0 Å². The quantitative estimate of drug-likeness (QED) is 0.0972. The zero-order valence-corrected chi connectivity index (χ0v) is 27.1. The van der Waals surface area contributed by atoms with Gasteiger partial charge in [0.05, 0.1) is 22.6 Å². The van der Waals surface area contributed by atoms with E-state index in [1.807, 2.05) is 37.3 Å². The molecule has 0 aliphatic heterocycles. The van der Waals surface area contributed by atoms with Crippen LogP contribution in [-0.4, -0.2) is 56.3 Å². The van der Waals surface area contributed by atoms with Crippen LogP contribution in [0.2, 0.25) is 0 Å². The minimum atomic E-state index is -4.39. The Morgan fingerprint density at radius 1 is 0.894 bits per heavy atom. The lowest BCUT2D eigenvalue weighted by Gasteiger charge is -2.34. The molecule has 12 heteroatoms. The molecule has 1 atom stereocenters. The number of nitro benzene ring substituents is 1. The van der Waals surface area contributed by atoms with Gasteiger partial charge in [0, 0.05) is 31.6 Å². The molecule has 0 aliphatic carbocycles. The van der Waals surface area contributed by atoms with Crippen molar-refractivity contribution in [3.05, 3.63) is 130 Å². The van der Waals surface area contributed by atoms with E-state index >= 15 is 0 Å². The van der Waals surface area contributed by atoms with Crippen LogP contribution in [-0.2, 0) is 32.6 Å². The highest BCUT2D eigenvalue weighted by molar-refractivity contribution is 7.92. The Labute approximate surface area is 275 Å². The van der Waals surface area contributed by atoms with E-state index in [1.54, 1.807) is 42.5 Å². The summed E-state index contributed by atoms with van der Waals surface area (Å²) in [6.45, 7) is 1.64. The molecule has 0 spiro atoms. The van der Waals surface area contributed by atoms with Gasteiger partial charge in [-0.2, -0.15) is 0 Å². The molecule has 1 N–H and O–H groups in total. The average Bonchev–Trinajstić information content (AvgIpc) is 3.09. The number of anilines is 1. The third kappa shape index (κ3) is 9.17. The molecule has 4 aromatic carbocycles. The predicted octanol–water partition coefficient (Wildman–Crippen LogP) is 5.36. The number of rotatable bonds is 16. The van der Waals surface area contributed by atoms with E-state index < -0.39 is 33.4 Å². The van der Waals surface area contributed by atoms with Gasteiger partial charge in [-0.05, 0) is 47.9 Å². The Morgan fingerprint density at radius 3 is 2.21 bits per heavy atom. The molecule has 4 aromatic rings. The van der Waals surface area contributed by atoms with Crippen LogP contribution in [0.3, 0.4) is 0 Å². The Kier molecular flexibility index (Phi) is 12.1. The molecule has 11 nitrogen and oxygen atoms in total. The number of ether oxygens (including phenoxy) is 1. The molecule has 246 valence electrons. The van der Waals surface area contributed by atoms with Crippen molar-refractivity contribution in [3.8, 4) is 5.75 Å². The number of unbranched alkanes of at least 4 members (excludes halogenated alkanes) is 1. The summed E-state index contributed by atoms with van der Waals surface area (Å²) in [6, 6.07) is 27.9. The fourth-order valence-corrected chi connectivity index (χ4v) is 6.46. The molecular weight excluding hydrogens is 620 g/mol. The van der Waals surface area contributed by atoms with E-state index in [0.29, 0.717) is 17.9 Å². The summed E-state index contributed by atoms with van der Waals surface area (Å²) in [5, 5.41) is 14.6. The van der Waals surface area contributed by atoms with Crippen molar-refractivity contribution in [2.24, 2.45) is 0 Å². The van der Waals surface area contributed by atoms with Gasteiger partial charge in [0.2, 0.25) is 11.8 Å². The van der Waals surface area contributed by atoms with Crippen molar-refractivity contribution >= 4 is 33.2 Å². The van der Waals surface area contributed by atoms with Crippen LogP contribution < -0.4 is 14.4 Å².